The fourth-order valence-corrected chi connectivity index (χ4v) is 4.11. The maximum absolute atomic E-state index is 5.49. The molecule has 3 rings (SSSR count). The number of nitrogens with zero attached hydrogens (tertiary/aromatic N) is 1. The Morgan fingerprint density at radius 3 is 2.63 bits per heavy atom. The first-order valence-electron chi connectivity index (χ1n) is 9.61. The number of hydrogen-bond acceptors (Lipinski definition) is 2. The highest BCUT2D eigenvalue weighted by Crippen LogP contribution is 2.25. The predicted molar refractivity (Wildman–Crippen MR) is 124 cm³/mol. The maximum Gasteiger partial charge on any atom is 0.171 e. The Morgan fingerprint density at radius 1 is 1.22 bits per heavy atom. The van der Waals surface area contributed by atoms with Crippen LogP contribution in [-0.2, 0) is 0 Å². The van der Waals surface area contributed by atoms with Crippen molar-refractivity contribution in [2.45, 2.75) is 39.7 Å². The monoisotopic (exact) mass is 445 g/mol. The molecule has 0 radical (unpaired) electrons. The van der Waals surface area contributed by atoms with Gasteiger partial charge in [-0.25, -0.2) is 0 Å². The Bertz CT molecular complexity index is 791. The van der Waals surface area contributed by atoms with Gasteiger partial charge in [-0.3, -0.25) is 0 Å². The quantitative estimate of drug-likeness (QED) is 0.560. The van der Waals surface area contributed by atoms with E-state index in [4.69, 9.17) is 12.2 Å². The first kappa shape index (κ1) is 20.2. The minimum absolute atomic E-state index is 0.149. The van der Waals surface area contributed by atoms with Gasteiger partial charge >= 0.3 is 0 Å². The van der Waals surface area contributed by atoms with Crippen LogP contribution < -0.4 is 15.5 Å². The van der Waals surface area contributed by atoms with E-state index in [-0.39, 0.29) is 6.04 Å². The fourth-order valence-electron chi connectivity index (χ4n) is 3.57. The van der Waals surface area contributed by atoms with Gasteiger partial charge in [-0.05, 0) is 86.3 Å². The van der Waals surface area contributed by atoms with Crippen LogP contribution in [0.4, 0.5) is 11.4 Å². The summed E-state index contributed by atoms with van der Waals surface area (Å²) in [6.45, 7) is 8.87. The van der Waals surface area contributed by atoms with Gasteiger partial charge in [-0.2, -0.15) is 0 Å². The van der Waals surface area contributed by atoms with E-state index >= 15 is 0 Å². The highest BCUT2D eigenvalue weighted by atomic mass is 79.9. The third-order valence-corrected chi connectivity index (χ3v) is 6.29. The van der Waals surface area contributed by atoms with Crippen molar-refractivity contribution in [2.75, 3.05) is 23.3 Å². The molecule has 2 N–H and O–H groups in total. The van der Waals surface area contributed by atoms with Gasteiger partial charge in [0.25, 0.3) is 0 Å². The number of halogens is 1. The lowest BCUT2D eigenvalue weighted by molar-refractivity contribution is 0.447. The van der Waals surface area contributed by atoms with Crippen molar-refractivity contribution in [2.24, 2.45) is 5.92 Å². The predicted octanol–water partition coefficient (Wildman–Crippen LogP) is 6.04. The Balaban J connectivity index is 1.57. The van der Waals surface area contributed by atoms with E-state index in [2.05, 4.69) is 82.6 Å². The van der Waals surface area contributed by atoms with E-state index in [9.17, 15) is 0 Å². The van der Waals surface area contributed by atoms with Gasteiger partial charge in [-0.1, -0.05) is 35.0 Å². The number of thiocarbonyl (C=S) groups is 1. The third-order valence-electron chi connectivity index (χ3n) is 5.18. The molecule has 0 spiro atoms. The van der Waals surface area contributed by atoms with Crippen LogP contribution in [0.1, 0.15) is 43.9 Å². The molecular formula is C22H28BrN3S. The molecule has 2 aromatic rings. The lowest BCUT2D eigenvalue weighted by Gasteiger charge is -2.33. The highest BCUT2D eigenvalue weighted by Gasteiger charge is 2.17. The summed E-state index contributed by atoms with van der Waals surface area (Å²) in [4.78, 5) is 2.50. The fraction of sp³-hybridized carbons (Fsp3) is 0.409. The molecule has 1 heterocycles. The van der Waals surface area contributed by atoms with Crippen molar-refractivity contribution >= 4 is 44.6 Å². The van der Waals surface area contributed by atoms with Crippen molar-refractivity contribution < 1.29 is 0 Å². The zero-order valence-electron chi connectivity index (χ0n) is 16.3. The van der Waals surface area contributed by atoms with E-state index in [0.717, 1.165) is 29.2 Å². The number of benzene rings is 2. The number of rotatable bonds is 4. The molecule has 2 atom stereocenters. The Kier molecular flexibility index (Phi) is 6.77. The van der Waals surface area contributed by atoms with Gasteiger partial charge < -0.3 is 15.5 Å². The second-order valence-corrected chi connectivity index (χ2v) is 8.83. The zero-order valence-corrected chi connectivity index (χ0v) is 18.7. The average molecular weight is 446 g/mol. The summed E-state index contributed by atoms with van der Waals surface area (Å²) in [6, 6.07) is 15.2. The van der Waals surface area contributed by atoms with Gasteiger partial charge in [0.2, 0.25) is 0 Å². The lowest BCUT2D eigenvalue weighted by Crippen LogP contribution is -2.34. The highest BCUT2D eigenvalue weighted by molar-refractivity contribution is 9.10. The summed E-state index contributed by atoms with van der Waals surface area (Å²) in [7, 11) is 0. The van der Waals surface area contributed by atoms with Crippen LogP contribution >= 0.6 is 28.1 Å². The second-order valence-electron chi connectivity index (χ2n) is 7.57. The average Bonchev–Trinajstić information content (AvgIpc) is 2.65. The summed E-state index contributed by atoms with van der Waals surface area (Å²) in [5, 5.41) is 7.29. The molecule has 27 heavy (non-hydrogen) atoms. The molecule has 1 aliphatic heterocycles. The van der Waals surface area contributed by atoms with Gasteiger partial charge in [-0.15, -0.1) is 0 Å². The molecular weight excluding hydrogens is 418 g/mol. The third kappa shape index (κ3) is 5.45. The standard InChI is InChI=1S/C22H28BrN3S/c1-15-5-4-12-26(14-15)20-9-6-18(7-10-20)17(3)24-22(27)25-19-8-11-21(23)16(2)13-19/h6-11,13,15,17H,4-5,12,14H2,1-3H3,(H2,24,25,27)/t15-,17+/m1/s1. The molecule has 2 aromatic carbocycles. The van der Waals surface area contributed by atoms with Crippen LogP contribution in [0.15, 0.2) is 46.9 Å². The molecule has 3 nitrogen and oxygen atoms in total. The number of aryl methyl sites for hydroxylation is 1. The Hall–Kier alpha value is -1.59. The Labute approximate surface area is 176 Å². The molecule has 0 aliphatic carbocycles. The van der Waals surface area contributed by atoms with Crippen LogP contribution in [-0.4, -0.2) is 18.2 Å². The van der Waals surface area contributed by atoms with Crippen molar-refractivity contribution in [1.82, 2.24) is 5.32 Å². The van der Waals surface area contributed by atoms with E-state index in [1.54, 1.807) is 0 Å². The summed E-state index contributed by atoms with van der Waals surface area (Å²) in [5.74, 6) is 0.782. The van der Waals surface area contributed by atoms with Crippen LogP contribution in [0.25, 0.3) is 0 Å². The zero-order chi connectivity index (χ0) is 19.4. The summed E-state index contributed by atoms with van der Waals surface area (Å²) < 4.78 is 1.10. The normalized spacial score (nSPS) is 18.1. The Morgan fingerprint density at radius 2 is 1.96 bits per heavy atom. The first-order chi connectivity index (χ1) is 12.9. The molecule has 0 bridgehead atoms. The molecule has 1 fully saturated rings. The van der Waals surface area contributed by atoms with E-state index in [1.807, 2.05) is 12.1 Å². The summed E-state index contributed by atoms with van der Waals surface area (Å²) in [6.07, 6.45) is 2.63. The van der Waals surface area contributed by atoms with Crippen LogP contribution in [0, 0.1) is 12.8 Å². The van der Waals surface area contributed by atoms with Gasteiger partial charge in [0.05, 0.1) is 6.04 Å². The lowest BCUT2D eigenvalue weighted by atomic mass is 9.99. The number of anilines is 2. The first-order valence-corrected chi connectivity index (χ1v) is 10.8. The molecule has 0 amide bonds. The number of piperidine rings is 1. The van der Waals surface area contributed by atoms with E-state index < -0.39 is 0 Å². The van der Waals surface area contributed by atoms with Crippen molar-refractivity contribution in [3.05, 3.63) is 58.1 Å². The molecule has 1 saturated heterocycles. The minimum Gasteiger partial charge on any atom is -0.371 e. The van der Waals surface area contributed by atoms with Gasteiger partial charge in [0.15, 0.2) is 5.11 Å². The molecule has 0 saturated carbocycles. The smallest absolute Gasteiger partial charge is 0.171 e. The number of nitrogens with one attached hydrogen (secondary N) is 2. The van der Waals surface area contributed by atoms with E-state index in [1.165, 1.54) is 29.7 Å². The minimum atomic E-state index is 0.149. The summed E-state index contributed by atoms with van der Waals surface area (Å²) in [5.41, 5.74) is 4.73. The molecule has 0 unspecified atom stereocenters. The van der Waals surface area contributed by atoms with E-state index in [0.29, 0.717) is 5.11 Å². The molecule has 0 aromatic heterocycles. The number of hydrogen-bond donors (Lipinski definition) is 2. The SMILES string of the molecule is Cc1cc(NC(=S)N[C@@H](C)c2ccc(N3CCC[C@@H](C)C3)cc2)ccc1Br. The van der Waals surface area contributed by atoms with Crippen LogP contribution in [0.2, 0.25) is 0 Å². The second kappa shape index (κ2) is 9.07. The van der Waals surface area contributed by atoms with Crippen molar-refractivity contribution in [3.63, 3.8) is 0 Å². The van der Waals surface area contributed by atoms with Crippen LogP contribution in [0.3, 0.4) is 0 Å². The maximum atomic E-state index is 5.49. The van der Waals surface area contributed by atoms with Gasteiger partial charge in [0, 0.05) is 28.9 Å². The summed E-state index contributed by atoms with van der Waals surface area (Å²) >= 11 is 9.01. The molecule has 1 aliphatic rings. The molecule has 144 valence electrons. The largest absolute Gasteiger partial charge is 0.371 e. The topological polar surface area (TPSA) is 27.3 Å². The van der Waals surface area contributed by atoms with Crippen molar-refractivity contribution in [3.8, 4) is 0 Å². The van der Waals surface area contributed by atoms with Crippen LogP contribution in [0.5, 0.6) is 0 Å². The van der Waals surface area contributed by atoms with Gasteiger partial charge in [0.1, 0.15) is 0 Å². The molecule has 5 heteroatoms. The van der Waals surface area contributed by atoms with Crippen molar-refractivity contribution in [1.29, 1.82) is 0 Å².